The third-order valence-electron chi connectivity index (χ3n) is 5.48. The molecule has 1 heterocycles. The van der Waals surface area contributed by atoms with Gasteiger partial charge in [0.05, 0.1) is 11.7 Å². The smallest absolute Gasteiger partial charge is 0.0643 e. The van der Waals surface area contributed by atoms with Crippen molar-refractivity contribution in [2.24, 2.45) is 17.6 Å². The first kappa shape index (κ1) is 16.5. The summed E-state index contributed by atoms with van der Waals surface area (Å²) in [5, 5.41) is 4.78. The Balaban J connectivity index is 1.95. The van der Waals surface area contributed by atoms with Crippen LogP contribution in [0, 0.1) is 11.8 Å². The Labute approximate surface area is 130 Å². The standard InChI is InChI=1S/C18H33N3/c1-5-17(6-2)21-12-9-16(20-21)13-18(19)10-7-15(8-11-18)14(3)4/h9,12,14-15,17H,5-8,10-11,13,19H2,1-4H3. The van der Waals surface area contributed by atoms with E-state index in [1.54, 1.807) is 0 Å². The lowest BCUT2D eigenvalue weighted by Gasteiger charge is -2.38. The molecule has 120 valence electrons. The summed E-state index contributed by atoms with van der Waals surface area (Å²) in [5.74, 6) is 1.66. The molecule has 0 amide bonds. The highest BCUT2D eigenvalue weighted by molar-refractivity contribution is 5.07. The molecule has 1 aromatic rings. The Hall–Kier alpha value is -0.830. The highest BCUT2D eigenvalue weighted by Crippen LogP contribution is 2.36. The molecule has 3 nitrogen and oxygen atoms in total. The fourth-order valence-electron chi connectivity index (χ4n) is 3.76. The summed E-state index contributed by atoms with van der Waals surface area (Å²) in [4.78, 5) is 0. The van der Waals surface area contributed by atoms with Crippen molar-refractivity contribution in [1.29, 1.82) is 0 Å². The summed E-state index contributed by atoms with van der Waals surface area (Å²) in [7, 11) is 0. The summed E-state index contributed by atoms with van der Waals surface area (Å²) in [6.45, 7) is 9.14. The maximum atomic E-state index is 6.65. The lowest BCUT2D eigenvalue weighted by molar-refractivity contribution is 0.193. The molecule has 0 radical (unpaired) electrons. The van der Waals surface area contributed by atoms with Crippen LogP contribution in [-0.4, -0.2) is 15.3 Å². The van der Waals surface area contributed by atoms with E-state index in [1.807, 2.05) is 0 Å². The summed E-state index contributed by atoms with van der Waals surface area (Å²) in [6, 6.07) is 2.70. The summed E-state index contributed by atoms with van der Waals surface area (Å²) in [6.07, 6.45) is 10.2. The third kappa shape index (κ3) is 4.09. The molecule has 0 saturated heterocycles. The van der Waals surface area contributed by atoms with Crippen LogP contribution in [0.3, 0.4) is 0 Å². The zero-order valence-electron chi connectivity index (χ0n) is 14.3. The molecular weight excluding hydrogens is 258 g/mol. The largest absolute Gasteiger partial charge is 0.325 e. The van der Waals surface area contributed by atoms with E-state index >= 15 is 0 Å². The van der Waals surface area contributed by atoms with Crippen molar-refractivity contribution in [3.05, 3.63) is 18.0 Å². The second kappa shape index (κ2) is 6.95. The Kier molecular flexibility index (Phi) is 5.48. The average molecular weight is 291 g/mol. The van der Waals surface area contributed by atoms with Crippen LogP contribution in [0.5, 0.6) is 0 Å². The fourth-order valence-corrected chi connectivity index (χ4v) is 3.76. The van der Waals surface area contributed by atoms with Gasteiger partial charge >= 0.3 is 0 Å². The van der Waals surface area contributed by atoms with Gasteiger partial charge < -0.3 is 5.73 Å². The third-order valence-corrected chi connectivity index (χ3v) is 5.48. The zero-order chi connectivity index (χ0) is 15.5. The van der Waals surface area contributed by atoms with Crippen LogP contribution in [0.15, 0.2) is 12.3 Å². The van der Waals surface area contributed by atoms with Crippen molar-refractivity contribution in [1.82, 2.24) is 9.78 Å². The molecule has 0 aliphatic heterocycles. The number of hydrogen-bond donors (Lipinski definition) is 1. The molecule has 0 atom stereocenters. The number of rotatable bonds is 6. The highest BCUT2D eigenvalue weighted by Gasteiger charge is 2.33. The van der Waals surface area contributed by atoms with Gasteiger partial charge in [-0.2, -0.15) is 5.10 Å². The van der Waals surface area contributed by atoms with Gasteiger partial charge in [-0.1, -0.05) is 27.7 Å². The van der Waals surface area contributed by atoms with Crippen LogP contribution in [0.2, 0.25) is 0 Å². The maximum absolute atomic E-state index is 6.65. The van der Waals surface area contributed by atoms with E-state index in [-0.39, 0.29) is 5.54 Å². The number of nitrogens with two attached hydrogens (primary N) is 1. The fraction of sp³-hybridized carbons (Fsp3) is 0.833. The first-order valence-corrected chi connectivity index (χ1v) is 8.80. The summed E-state index contributed by atoms with van der Waals surface area (Å²) < 4.78 is 2.14. The van der Waals surface area contributed by atoms with Gasteiger partial charge in [0.25, 0.3) is 0 Å². The highest BCUT2D eigenvalue weighted by atomic mass is 15.3. The lowest BCUT2D eigenvalue weighted by Crippen LogP contribution is -2.46. The van der Waals surface area contributed by atoms with Gasteiger partial charge in [0.1, 0.15) is 0 Å². The van der Waals surface area contributed by atoms with Crippen molar-refractivity contribution in [2.45, 2.75) is 84.2 Å². The van der Waals surface area contributed by atoms with Gasteiger partial charge in [-0.3, -0.25) is 4.68 Å². The minimum Gasteiger partial charge on any atom is -0.325 e. The van der Waals surface area contributed by atoms with Crippen LogP contribution in [-0.2, 0) is 6.42 Å². The molecule has 2 rings (SSSR count). The van der Waals surface area contributed by atoms with E-state index in [2.05, 4.69) is 44.6 Å². The lowest BCUT2D eigenvalue weighted by atomic mass is 9.71. The Morgan fingerprint density at radius 2 is 1.90 bits per heavy atom. The van der Waals surface area contributed by atoms with Crippen LogP contribution < -0.4 is 5.73 Å². The van der Waals surface area contributed by atoms with Crippen molar-refractivity contribution in [3.8, 4) is 0 Å². The molecule has 1 aliphatic rings. The van der Waals surface area contributed by atoms with Gasteiger partial charge in [0, 0.05) is 18.2 Å². The van der Waals surface area contributed by atoms with E-state index in [4.69, 9.17) is 10.8 Å². The van der Waals surface area contributed by atoms with Crippen LogP contribution in [0.4, 0.5) is 0 Å². The van der Waals surface area contributed by atoms with E-state index < -0.39 is 0 Å². The second-order valence-electron chi connectivity index (χ2n) is 7.38. The topological polar surface area (TPSA) is 43.8 Å². The number of hydrogen-bond acceptors (Lipinski definition) is 2. The van der Waals surface area contributed by atoms with Crippen LogP contribution >= 0.6 is 0 Å². The van der Waals surface area contributed by atoms with Crippen molar-refractivity contribution < 1.29 is 0 Å². The predicted molar refractivity (Wildman–Crippen MR) is 89.3 cm³/mol. The Bertz CT molecular complexity index is 423. The summed E-state index contributed by atoms with van der Waals surface area (Å²) in [5.41, 5.74) is 7.80. The van der Waals surface area contributed by atoms with E-state index in [1.165, 1.54) is 18.5 Å². The van der Waals surface area contributed by atoms with Gasteiger partial charge in [-0.25, -0.2) is 0 Å². The molecule has 21 heavy (non-hydrogen) atoms. The quantitative estimate of drug-likeness (QED) is 0.847. The van der Waals surface area contributed by atoms with Gasteiger partial charge in [0.15, 0.2) is 0 Å². The molecular formula is C18H33N3. The molecule has 0 spiro atoms. The second-order valence-corrected chi connectivity index (χ2v) is 7.38. The Morgan fingerprint density at radius 1 is 1.29 bits per heavy atom. The normalized spacial score (nSPS) is 26.7. The van der Waals surface area contributed by atoms with Crippen LogP contribution in [0.25, 0.3) is 0 Å². The Morgan fingerprint density at radius 3 is 2.43 bits per heavy atom. The van der Waals surface area contributed by atoms with Crippen molar-refractivity contribution in [2.75, 3.05) is 0 Å². The van der Waals surface area contributed by atoms with E-state index in [9.17, 15) is 0 Å². The zero-order valence-corrected chi connectivity index (χ0v) is 14.3. The minimum atomic E-state index is -0.0293. The van der Waals surface area contributed by atoms with Crippen molar-refractivity contribution in [3.63, 3.8) is 0 Å². The first-order chi connectivity index (χ1) is 9.97. The average Bonchev–Trinajstić information content (AvgIpc) is 2.88. The number of nitrogens with zero attached hydrogens (tertiary/aromatic N) is 2. The number of aromatic nitrogens is 2. The SMILES string of the molecule is CCC(CC)n1ccc(CC2(N)CCC(C(C)C)CC2)n1. The maximum Gasteiger partial charge on any atom is 0.0643 e. The molecule has 1 saturated carbocycles. The predicted octanol–water partition coefficient (Wildman–Crippen LogP) is 4.33. The van der Waals surface area contributed by atoms with E-state index in [0.717, 1.165) is 43.9 Å². The van der Waals surface area contributed by atoms with Crippen molar-refractivity contribution >= 4 is 0 Å². The minimum absolute atomic E-state index is 0.0293. The molecule has 2 N–H and O–H groups in total. The summed E-state index contributed by atoms with van der Waals surface area (Å²) >= 11 is 0. The van der Waals surface area contributed by atoms with Gasteiger partial charge in [0.2, 0.25) is 0 Å². The molecule has 3 heteroatoms. The first-order valence-electron chi connectivity index (χ1n) is 8.80. The van der Waals surface area contributed by atoms with Crippen LogP contribution in [0.1, 0.15) is 78.0 Å². The van der Waals surface area contributed by atoms with Gasteiger partial charge in [-0.05, 0) is 56.4 Å². The molecule has 1 aromatic heterocycles. The monoisotopic (exact) mass is 291 g/mol. The molecule has 0 unspecified atom stereocenters. The molecule has 1 aliphatic carbocycles. The molecule has 1 fully saturated rings. The molecule has 0 bridgehead atoms. The van der Waals surface area contributed by atoms with Gasteiger partial charge in [-0.15, -0.1) is 0 Å². The molecule has 0 aromatic carbocycles. The van der Waals surface area contributed by atoms with E-state index in [0.29, 0.717) is 6.04 Å².